The van der Waals surface area contributed by atoms with Crippen molar-refractivity contribution in [3.05, 3.63) is 77.4 Å². The fraction of sp³-hybridized carbons (Fsp3) is 0.143. The van der Waals surface area contributed by atoms with Gasteiger partial charge < -0.3 is 9.47 Å². The molecule has 2 N–H and O–H groups in total. The summed E-state index contributed by atoms with van der Waals surface area (Å²) in [5, 5.41) is 5.24. The molecule has 0 radical (unpaired) electrons. The number of ether oxygens (including phenoxy) is 2. The van der Waals surface area contributed by atoms with Crippen molar-refractivity contribution in [3.63, 3.8) is 0 Å². The second-order valence-electron chi connectivity index (χ2n) is 7.11. The van der Waals surface area contributed by atoms with Crippen molar-refractivity contribution in [2.45, 2.75) is 23.5 Å². The SMILES string of the molecule is NS(=O)(=O)c1ccccc1-c1ccc2c(c1)OC(c1cc(C(F)(F)F)cc(C(F)(F)F)c1)O2. The zero-order valence-electron chi connectivity index (χ0n) is 16.2. The normalized spacial score (nSPS) is 16.2. The highest BCUT2D eigenvalue weighted by Crippen LogP contribution is 2.45. The fourth-order valence-corrected chi connectivity index (χ4v) is 4.08. The van der Waals surface area contributed by atoms with Crippen molar-refractivity contribution in [2.75, 3.05) is 0 Å². The molecule has 0 saturated carbocycles. The summed E-state index contributed by atoms with van der Waals surface area (Å²) in [4.78, 5) is -0.173. The van der Waals surface area contributed by atoms with Crippen molar-refractivity contribution in [1.29, 1.82) is 0 Å². The Hall–Kier alpha value is -3.25. The van der Waals surface area contributed by atoms with Gasteiger partial charge in [-0.05, 0) is 42.0 Å². The van der Waals surface area contributed by atoms with E-state index in [2.05, 4.69) is 0 Å². The van der Waals surface area contributed by atoms with Crippen molar-refractivity contribution >= 4 is 10.0 Å². The molecule has 0 bridgehead atoms. The number of hydrogen-bond acceptors (Lipinski definition) is 4. The van der Waals surface area contributed by atoms with Crippen molar-refractivity contribution < 1.29 is 44.2 Å². The lowest BCUT2D eigenvalue weighted by atomic mass is 10.0. The smallest absolute Gasteiger partial charge is 0.416 e. The van der Waals surface area contributed by atoms with Gasteiger partial charge in [-0.15, -0.1) is 0 Å². The minimum Gasteiger partial charge on any atom is -0.447 e. The lowest BCUT2D eigenvalue weighted by Crippen LogP contribution is -2.15. The molecular formula is C21H13F6NO4S. The van der Waals surface area contributed by atoms with Gasteiger partial charge in [0.15, 0.2) is 11.5 Å². The molecule has 0 amide bonds. The highest BCUT2D eigenvalue weighted by Gasteiger charge is 2.39. The molecule has 5 nitrogen and oxygen atoms in total. The Bertz CT molecular complexity index is 1300. The third kappa shape index (κ3) is 4.62. The van der Waals surface area contributed by atoms with Gasteiger partial charge in [0.25, 0.3) is 6.29 Å². The Morgan fingerprint density at radius 3 is 1.91 bits per heavy atom. The second kappa shape index (κ2) is 7.66. The van der Waals surface area contributed by atoms with Crippen LogP contribution in [0.2, 0.25) is 0 Å². The van der Waals surface area contributed by atoms with Crippen LogP contribution in [0.5, 0.6) is 11.5 Å². The third-order valence-corrected chi connectivity index (χ3v) is 5.77. The van der Waals surface area contributed by atoms with E-state index < -0.39 is 45.4 Å². The van der Waals surface area contributed by atoms with E-state index in [1.807, 2.05) is 0 Å². The number of benzene rings is 3. The molecule has 0 fully saturated rings. The average molecular weight is 489 g/mol. The van der Waals surface area contributed by atoms with Crippen LogP contribution in [0.4, 0.5) is 26.3 Å². The van der Waals surface area contributed by atoms with Crippen LogP contribution >= 0.6 is 0 Å². The Balaban J connectivity index is 1.72. The van der Waals surface area contributed by atoms with Crippen molar-refractivity contribution in [1.82, 2.24) is 0 Å². The summed E-state index contributed by atoms with van der Waals surface area (Å²) in [6, 6.07) is 11.0. The minimum absolute atomic E-state index is 0.00712. The monoisotopic (exact) mass is 489 g/mol. The van der Waals surface area contributed by atoms with E-state index in [1.165, 1.54) is 36.4 Å². The lowest BCUT2D eigenvalue weighted by molar-refractivity contribution is -0.143. The topological polar surface area (TPSA) is 78.6 Å². The Morgan fingerprint density at radius 2 is 1.33 bits per heavy atom. The molecule has 0 saturated heterocycles. The van der Waals surface area contributed by atoms with E-state index in [0.29, 0.717) is 17.7 Å². The number of alkyl halides is 6. The standard InChI is InChI=1S/C21H13F6NO4S/c22-20(23,24)13-7-12(8-14(10-13)21(25,26)27)19-31-16-6-5-11(9-17(16)32-19)15-3-1-2-4-18(15)33(28,29)30/h1-10,19H,(H2,28,29,30). The van der Waals surface area contributed by atoms with E-state index in [9.17, 15) is 34.8 Å². The summed E-state index contributed by atoms with van der Waals surface area (Å²) in [6.45, 7) is 0. The van der Waals surface area contributed by atoms with Gasteiger partial charge in [0.1, 0.15) is 0 Å². The van der Waals surface area contributed by atoms with E-state index >= 15 is 0 Å². The average Bonchev–Trinajstić information content (AvgIpc) is 3.15. The van der Waals surface area contributed by atoms with Gasteiger partial charge in [-0.3, -0.25) is 0 Å². The van der Waals surface area contributed by atoms with E-state index in [-0.39, 0.29) is 28.0 Å². The maximum atomic E-state index is 13.2. The van der Waals surface area contributed by atoms with Crippen LogP contribution in [0, 0.1) is 0 Å². The number of halogens is 6. The van der Waals surface area contributed by atoms with Gasteiger partial charge in [-0.2, -0.15) is 26.3 Å². The van der Waals surface area contributed by atoms with Gasteiger partial charge >= 0.3 is 12.4 Å². The first-order chi connectivity index (χ1) is 15.2. The molecule has 33 heavy (non-hydrogen) atoms. The van der Waals surface area contributed by atoms with Crippen LogP contribution in [-0.2, 0) is 22.4 Å². The molecule has 3 aromatic carbocycles. The molecule has 4 rings (SSSR count). The molecule has 0 spiro atoms. The number of sulfonamides is 1. The van der Waals surface area contributed by atoms with Crippen molar-refractivity contribution in [2.24, 2.45) is 5.14 Å². The third-order valence-electron chi connectivity index (χ3n) is 4.80. The molecule has 0 aromatic heterocycles. The van der Waals surface area contributed by atoms with Crippen LogP contribution in [0.1, 0.15) is 23.0 Å². The zero-order chi connectivity index (χ0) is 24.2. The molecule has 1 heterocycles. The number of fused-ring (bicyclic) bond motifs is 1. The summed E-state index contributed by atoms with van der Waals surface area (Å²) >= 11 is 0. The molecule has 1 aliphatic heterocycles. The number of nitrogens with two attached hydrogens (primary N) is 1. The molecule has 0 aliphatic carbocycles. The lowest BCUT2D eigenvalue weighted by Gasteiger charge is -2.17. The van der Waals surface area contributed by atoms with Gasteiger partial charge in [-0.1, -0.05) is 24.3 Å². The second-order valence-corrected chi connectivity index (χ2v) is 8.64. The van der Waals surface area contributed by atoms with E-state index in [1.54, 1.807) is 6.07 Å². The maximum absolute atomic E-state index is 13.2. The number of hydrogen-bond donors (Lipinski definition) is 1. The molecule has 174 valence electrons. The van der Waals surface area contributed by atoms with Crippen molar-refractivity contribution in [3.8, 4) is 22.6 Å². The van der Waals surface area contributed by atoms with Gasteiger partial charge in [0, 0.05) is 11.1 Å². The molecule has 1 atom stereocenters. The molecule has 1 unspecified atom stereocenters. The highest BCUT2D eigenvalue weighted by molar-refractivity contribution is 7.89. The first-order valence-electron chi connectivity index (χ1n) is 9.12. The van der Waals surface area contributed by atoms with Gasteiger partial charge in [0.2, 0.25) is 10.0 Å². The molecule has 12 heteroatoms. The Labute approximate surface area is 183 Å². The largest absolute Gasteiger partial charge is 0.447 e. The highest BCUT2D eigenvalue weighted by atomic mass is 32.2. The van der Waals surface area contributed by atoms with Crippen LogP contribution < -0.4 is 14.6 Å². The summed E-state index contributed by atoms with van der Waals surface area (Å²) < 4.78 is 114. The minimum atomic E-state index is -5.02. The van der Waals surface area contributed by atoms with Gasteiger partial charge in [-0.25, -0.2) is 13.6 Å². The van der Waals surface area contributed by atoms with E-state index in [0.717, 1.165) is 0 Å². The fourth-order valence-electron chi connectivity index (χ4n) is 3.32. The summed E-state index contributed by atoms with van der Waals surface area (Å²) in [6.07, 6.45) is -11.6. The Kier molecular flexibility index (Phi) is 5.32. The summed E-state index contributed by atoms with van der Waals surface area (Å²) in [5.74, 6) is 0.0653. The molecule has 1 aliphatic rings. The quantitative estimate of drug-likeness (QED) is 0.493. The number of rotatable bonds is 3. The zero-order valence-corrected chi connectivity index (χ0v) is 17.1. The summed E-state index contributed by atoms with van der Waals surface area (Å²) in [5.41, 5.74) is -2.92. The maximum Gasteiger partial charge on any atom is 0.416 e. The van der Waals surface area contributed by atoms with Crippen LogP contribution in [0.15, 0.2) is 65.6 Å². The van der Waals surface area contributed by atoms with Crippen LogP contribution in [-0.4, -0.2) is 8.42 Å². The van der Waals surface area contributed by atoms with E-state index in [4.69, 9.17) is 14.6 Å². The Morgan fingerprint density at radius 1 is 0.758 bits per heavy atom. The summed E-state index contributed by atoms with van der Waals surface area (Å²) in [7, 11) is -4.07. The number of primary sulfonamides is 1. The van der Waals surface area contributed by atoms with Crippen LogP contribution in [0.25, 0.3) is 11.1 Å². The molecule has 3 aromatic rings. The van der Waals surface area contributed by atoms with Gasteiger partial charge in [0.05, 0.1) is 16.0 Å². The first kappa shape index (κ1) is 22.9. The predicted molar refractivity (Wildman–Crippen MR) is 104 cm³/mol. The van der Waals surface area contributed by atoms with Crippen LogP contribution in [0.3, 0.4) is 0 Å². The first-order valence-corrected chi connectivity index (χ1v) is 10.7. The predicted octanol–water partition coefficient (Wildman–Crippen LogP) is 5.51. The molecular weight excluding hydrogens is 476 g/mol.